The van der Waals surface area contributed by atoms with Gasteiger partial charge in [0.1, 0.15) is 6.10 Å². The molecule has 0 aromatic carbocycles. The molecule has 7 heteroatoms. The van der Waals surface area contributed by atoms with Crippen molar-refractivity contribution in [3.8, 4) is 0 Å². The summed E-state index contributed by atoms with van der Waals surface area (Å²) < 4.78 is 11.3. The number of ether oxygens (including phenoxy) is 2. The van der Waals surface area contributed by atoms with E-state index in [9.17, 15) is 24.9 Å². The third kappa shape index (κ3) is 1.98. The molecular formula is C22H30O7. The second-order valence-corrected chi connectivity index (χ2v) is 10.4. The number of esters is 1. The van der Waals surface area contributed by atoms with E-state index >= 15 is 0 Å². The van der Waals surface area contributed by atoms with Gasteiger partial charge in [-0.3, -0.25) is 9.59 Å². The Balaban J connectivity index is 1.69. The van der Waals surface area contributed by atoms with Crippen molar-refractivity contribution in [1.82, 2.24) is 0 Å². The molecule has 2 spiro atoms. The van der Waals surface area contributed by atoms with Crippen LogP contribution in [0.3, 0.4) is 0 Å². The first-order chi connectivity index (χ1) is 13.5. The molecule has 2 aliphatic heterocycles. The van der Waals surface area contributed by atoms with Gasteiger partial charge in [-0.1, -0.05) is 13.5 Å². The van der Waals surface area contributed by atoms with Crippen LogP contribution in [0.15, 0.2) is 12.2 Å². The maximum atomic E-state index is 13.4. The highest BCUT2D eigenvalue weighted by atomic mass is 16.6. The van der Waals surface area contributed by atoms with Gasteiger partial charge in [0.25, 0.3) is 0 Å². The largest absolute Gasteiger partial charge is 0.465 e. The number of carbonyl (C=O) groups excluding carboxylic acids is 2. The minimum atomic E-state index is -2.02. The lowest BCUT2D eigenvalue weighted by molar-refractivity contribution is -0.450. The molecule has 6 fully saturated rings. The highest BCUT2D eigenvalue weighted by Crippen LogP contribution is 2.76. The van der Waals surface area contributed by atoms with Gasteiger partial charge in [-0.25, -0.2) is 0 Å². The molecule has 29 heavy (non-hydrogen) atoms. The van der Waals surface area contributed by atoms with Crippen molar-refractivity contribution in [2.45, 2.75) is 63.9 Å². The summed E-state index contributed by atoms with van der Waals surface area (Å²) in [5.41, 5.74) is -2.27. The van der Waals surface area contributed by atoms with Crippen molar-refractivity contribution in [3.63, 3.8) is 0 Å². The van der Waals surface area contributed by atoms with Crippen LogP contribution in [-0.2, 0) is 19.1 Å². The van der Waals surface area contributed by atoms with E-state index in [1.165, 1.54) is 6.92 Å². The highest BCUT2D eigenvalue weighted by Gasteiger charge is 2.84. The molecule has 3 N–H and O–H groups in total. The zero-order valence-electron chi connectivity index (χ0n) is 17.0. The Hall–Kier alpha value is -1.28. The third-order valence-electron chi connectivity index (χ3n) is 9.25. The number of carbonyl (C=O) groups is 2. The number of ketones is 1. The summed E-state index contributed by atoms with van der Waals surface area (Å²) in [7, 11) is 0. The molecule has 9 atom stereocenters. The summed E-state index contributed by atoms with van der Waals surface area (Å²) in [5, 5.41) is 34.6. The van der Waals surface area contributed by atoms with Gasteiger partial charge < -0.3 is 24.8 Å². The van der Waals surface area contributed by atoms with Gasteiger partial charge in [-0.05, 0) is 49.5 Å². The number of hydrogen-bond acceptors (Lipinski definition) is 7. The van der Waals surface area contributed by atoms with Gasteiger partial charge in [0.05, 0.1) is 24.7 Å². The van der Waals surface area contributed by atoms with E-state index in [1.807, 2.05) is 6.92 Å². The number of rotatable bonds is 2. The van der Waals surface area contributed by atoms with Crippen LogP contribution in [0.25, 0.3) is 0 Å². The molecule has 0 aromatic rings. The molecule has 4 saturated carbocycles. The van der Waals surface area contributed by atoms with Crippen LogP contribution in [0.5, 0.6) is 0 Å². The zero-order valence-corrected chi connectivity index (χ0v) is 17.0. The SMILES string of the molecule is C=C1C(=O)[C@]23C[C@H]1CCC2C12CO[C@@]3(O)C(O)C1[C@](C)(COC(C)=O)CC[C@H]2O. The van der Waals surface area contributed by atoms with Crippen molar-refractivity contribution < 1.29 is 34.4 Å². The summed E-state index contributed by atoms with van der Waals surface area (Å²) >= 11 is 0. The predicted molar refractivity (Wildman–Crippen MR) is 100 cm³/mol. The Bertz CT molecular complexity index is 809. The van der Waals surface area contributed by atoms with Crippen molar-refractivity contribution in [2.75, 3.05) is 13.2 Å². The monoisotopic (exact) mass is 406 g/mol. The molecular weight excluding hydrogens is 376 g/mol. The van der Waals surface area contributed by atoms with Gasteiger partial charge in [0, 0.05) is 23.7 Å². The molecule has 2 saturated heterocycles. The molecule has 4 bridgehead atoms. The van der Waals surface area contributed by atoms with E-state index < -0.39 is 46.1 Å². The van der Waals surface area contributed by atoms with E-state index in [1.54, 1.807) is 0 Å². The number of fused-ring (bicyclic) bond motifs is 2. The average Bonchev–Trinajstić information content (AvgIpc) is 2.87. The minimum Gasteiger partial charge on any atom is -0.465 e. The van der Waals surface area contributed by atoms with Crippen LogP contribution < -0.4 is 0 Å². The Morgan fingerprint density at radius 3 is 2.72 bits per heavy atom. The molecule has 2 heterocycles. The molecule has 0 radical (unpaired) electrons. The van der Waals surface area contributed by atoms with Gasteiger partial charge in [0.2, 0.25) is 5.79 Å². The number of aliphatic hydroxyl groups excluding tert-OH is 2. The Morgan fingerprint density at radius 2 is 2.03 bits per heavy atom. The first kappa shape index (κ1) is 19.7. The van der Waals surface area contributed by atoms with E-state index in [4.69, 9.17) is 9.47 Å². The number of hydrogen-bond donors (Lipinski definition) is 3. The molecule has 6 rings (SSSR count). The van der Waals surface area contributed by atoms with Gasteiger partial charge in [-0.15, -0.1) is 0 Å². The van der Waals surface area contributed by atoms with Crippen LogP contribution in [0.4, 0.5) is 0 Å². The van der Waals surface area contributed by atoms with E-state index in [0.29, 0.717) is 31.3 Å². The molecule has 6 aliphatic rings. The van der Waals surface area contributed by atoms with Crippen molar-refractivity contribution in [3.05, 3.63) is 12.2 Å². The molecule has 4 aliphatic carbocycles. The normalized spacial score (nSPS) is 55.4. The van der Waals surface area contributed by atoms with Crippen molar-refractivity contribution in [1.29, 1.82) is 0 Å². The fourth-order valence-corrected chi connectivity index (χ4v) is 8.08. The van der Waals surface area contributed by atoms with Gasteiger partial charge in [0.15, 0.2) is 5.78 Å². The zero-order chi connectivity index (χ0) is 21.0. The van der Waals surface area contributed by atoms with Crippen molar-refractivity contribution in [2.24, 2.45) is 34.0 Å². The van der Waals surface area contributed by atoms with Crippen LogP contribution in [-0.4, -0.2) is 58.3 Å². The lowest BCUT2D eigenvalue weighted by Gasteiger charge is -2.74. The van der Waals surface area contributed by atoms with Crippen LogP contribution >= 0.6 is 0 Å². The second-order valence-electron chi connectivity index (χ2n) is 10.4. The summed E-state index contributed by atoms with van der Waals surface area (Å²) in [6, 6.07) is 0. The highest BCUT2D eigenvalue weighted by molar-refractivity contribution is 6.04. The van der Waals surface area contributed by atoms with Crippen LogP contribution in [0.2, 0.25) is 0 Å². The molecule has 0 aromatic heterocycles. The Kier molecular flexibility index (Phi) is 3.86. The number of aliphatic hydroxyl groups is 3. The number of allylic oxidation sites excluding steroid dienone is 1. The maximum Gasteiger partial charge on any atom is 0.302 e. The third-order valence-corrected chi connectivity index (χ3v) is 9.25. The first-order valence-electron chi connectivity index (χ1n) is 10.6. The summed E-state index contributed by atoms with van der Waals surface area (Å²) in [6.07, 6.45) is 0.743. The Morgan fingerprint density at radius 1 is 1.31 bits per heavy atom. The minimum absolute atomic E-state index is 0.0130. The molecule has 0 amide bonds. The lowest BCUT2D eigenvalue weighted by Crippen LogP contribution is -2.84. The fraction of sp³-hybridized carbons (Fsp3) is 0.818. The van der Waals surface area contributed by atoms with Gasteiger partial charge in [-0.2, -0.15) is 0 Å². The van der Waals surface area contributed by atoms with E-state index in [0.717, 1.165) is 6.42 Å². The van der Waals surface area contributed by atoms with E-state index in [2.05, 4.69) is 6.58 Å². The molecule has 7 nitrogen and oxygen atoms in total. The maximum absolute atomic E-state index is 13.4. The predicted octanol–water partition coefficient (Wildman–Crippen LogP) is 0.948. The second kappa shape index (κ2) is 5.69. The summed E-state index contributed by atoms with van der Waals surface area (Å²) in [4.78, 5) is 24.9. The standard InChI is InChI=1S/C22H30O7/c1-11-13-4-5-14-20-10-29-22(27,21(14,8-13)17(11)25)18(26)16(20)19(3,7-6-15(20)24)9-28-12(2)23/h13-16,18,24,26-27H,1,4-10H2,2-3H3/t13-,14?,15-,16?,18?,19+,20?,21+,22+/m1/s1. The van der Waals surface area contributed by atoms with E-state index in [-0.39, 0.29) is 30.8 Å². The summed E-state index contributed by atoms with van der Waals surface area (Å²) in [5.74, 6) is -3.52. The average molecular weight is 406 g/mol. The quantitative estimate of drug-likeness (QED) is 0.462. The van der Waals surface area contributed by atoms with Crippen LogP contribution in [0.1, 0.15) is 46.0 Å². The first-order valence-corrected chi connectivity index (χ1v) is 10.6. The van der Waals surface area contributed by atoms with Crippen LogP contribution in [0, 0.1) is 34.0 Å². The topological polar surface area (TPSA) is 113 Å². The fourth-order valence-electron chi connectivity index (χ4n) is 8.08. The lowest BCUT2D eigenvalue weighted by atomic mass is 9.36. The molecule has 160 valence electrons. The smallest absolute Gasteiger partial charge is 0.302 e. The van der Waals surface area contributed by atoms with Crippen molar-refractivity contribution >= 4 is 11.8 Å². The molecule has 4 unspecified atom stereocenters. The Labute approximate surface area is 170 Å². The number of Topliss-reactive ketones (excluding diaryl/α,β-unsaturated/α-hetero) is 1. The summed E-state index contributed by atoms with van der Waals surface area (Å²) in [6.45, 7) is 7.44. The van der Waals surface area contributed by atoms with Gasteiger partial charge >= 0.3 is 5.97 Å².